The highest BCUT2D eigenvalue weighted by atomic mass is 32.2. The molecule has 0 radical (unpaired) electrons. The van der Waals surface area contributed by atoms with E-state index in [2.05, 4.69) is 10.3 Å². The molecule has 14 heteroatoms. The lowest BCUT2D eigenvalue weighted by Crippen LogP contribution is -2.44. The summed E-state index contributed by atoms with van der Waals surface area (Å²) in [6.07, 6.45) is -8.74. The number of hydrogen-bond donors (Lipinski definition) is 1. The zero-order chi connectivity index (χ0) is 27.8. The Morgan fingerprint density at radius 3 is 2.16 bits per heavy atom. The van der Waals surface area contributed by atoms with Crippen LogP contribution in [-0.2, 0) is 27.0 Å². The molecule has 6 nitrogen and oxygen atoms in total. The molecule has 0 fully saturated rings. The monoisotopic (exact) mass is 550 g/mol. The molecule has 0 aliphatic rings. The SMILES string of the molecule is CC(C)(C(=O)Nc1ccc(Oc2ccc(F)c(C(F)(F)F)c2)nc1)S(=O)(=O)c1cccc(C(F)(F)F)c1. The van der Waals surface area contributed by atoms with Gasteiger partial charge in [-0.05, 0) is 56.3 Å². The average Bonchev–Trinajstić information content (AvgIpc) is 2.80. The summed E-state index contributed by atoms with van der Waals surface area (Å²) in [5, 5.41) is 2.27. The first kappa shape index (κ1) is 27.9. The molecule has 0 bridgehead atoms. The minimum Gasteiger partial charge on any atom is -0.439 e. The molecular weight excluding hydrogens is 533 g/mol. The molecule has 37 heavy (non-hydrogen) atoms. The lowest BCUT2D eigenvalue weighted by Gasteiger charge is -2.24. The largest absolute Gasteiger partial charge is 0.439 e. The summed E-state index contributed by atoms with van der Waals surface area (Å²) in [5.41, 5.74) is -2.79. The van der Waals surface area contributed by atoms with Crippen LogP contribution in [0.4, 0.5) is 36.4 Å². The van der Waals surface area contributed by atoms with E-state index < -0.39 is 54.7 Å². The molecule has 0 saturated carbocycles. The van der Waals surface area contributed by atoms with Crippen LogP contribution in [0.1, 0.15) is 25.0 Å². The van der Waals surface area contributed by atoms with Crippen LogP contribution in [-0.4, -0.2) is 24.1 Å². The third kappa shape index (κ3) is 6.01. The van der Waals surface area contributed by atoms with E-state index in [1.807, 2.05) is 0 Å². The maximum Gasteiger partial charge on any atom is 0.419 e. The van der Waals surface area contributed by atoms with Crippen LogP contribution >= 0.6 is 0 Å². The third-order valence-corrected chi connectivity index (χ3v) is 7.55. The number of ether oxygens (including phenoxy) is 1. The Hall–Kier alpha value is -3.68. The third-order valence-electron chi connectivity index (χ3n) is 5.15. The number of benzene rings is 2. The van der Waals surface area contributed by atoms with Crippen molar-refractivity contribution in [2.75, 3.05) is 5.32 Å². The molecule has 1 amide bonds. The van der Waals surface area contributed by atoms with Gasteiger partial charge < -0.3 is 10.1 Å². The van der Waals surface area contributed by atoms with Crippen LogP contribution < -0.4 is 10.1 Å². The van der Waals surface area contributed by atoms with Gasteiger partial charge in [-0.2, -0.15) is 26.3 Å². The van der Waals surface area contributed by atoms with E-state index in [0.717, 1.165) is 44.3 Å². The standard InChI is InChI=1S/C23H17F7N2O4S/c1-21(2,37(34,35)16-5-3-4-13(10-16)22(25,26)27)20(33)32-14-6-9-19(31-12-14)36-15-7-8-18(24)17(11-15)23(28,29)30/h3-12H,1-2H3,(H,32,33). The Kier molecular flexibility index (Phi) is 7.28. The normalized spacial score (nSPS) is 12.8. The average molecular weight is 550 g/mol. The van der Waals surface area contributed by atoms with E-state index >= 15 is 0 Å². The van der Waals surface area contributed by atoms with Crippen molar-refractivity contribution in [3.63, 3.8) is 0 Å². The first-order valence-corrected chi connectivity index (χ1v) is 11.7. The van der Waals surface area contributed by atoms with Crippen LogP contribution in [0.25, 0.3) is 0 Å². The number of anilines is 1. The number of hydrogen-bond acceptors (Lipinski definition) is 5. The minimum absolute atomic E-state index is 0.0419. The van der Waals surface area contributed by atoms with Gasteiger partial charge in [-0.15, -0.1) is 0 Å². The molecule has 3 rings (SSSR count). The van der Waals surface area contributed by atoms with Crippen molar-refractivity contribution in [1.29, 1.82) is 0 Å². The van der Waals surface area contributed by atoms with Gasteiger partial charge >= 0.3 is 12.4 Å². The zero-order valence-corrected chi connectivity index (χ0v) is 19.7. The summed E-state index contributed by atoms with van der Waals surface area (Å²) in [4.78, 5) is 15.9. The molecule has 1 heterocycles. The molecule has 1 aromatic heterocycles. The van der Waals surface area contributed by atoms with Crippen molar-refractivity contribution in [1.82, 2.24) is 4.98 Å². The summed E-state index contributed by atoms with van der Waals surface area (Å²) >= 11 is 0. The number of nitrogens with zero attached hydrogens (tertiary/aromatic N) is 1. The molecule has 198 valence electrons. The van der Waals surface area contributed by atoms with Gasteiger partial charge in [0.1, 0.15) is 16.3 Å². The van der Waals surface area contributed by atoms with Crippen LogP contribution in [0, 0.1) is 5.82 Å². The van der Waals surface area contributed by atoms with Crippen molar-refractivity contribution < 1.29 is 48.7 Å². The summed E-state index contributed by atoms with van der Waals surface area (Å²) < 4.78 is 120. The van der Waals surface area contributed by atoms with E-state index in [1.54, 1.807) is 0 Å². The van der Waals surface area contributed by atoms with Crippen LogP contribution in [0.3, 0.4) is 0 Å². The van der Waals surface area contributed by atoms with Gasteiger partial charge in [0, 0.05) is 6.07 Å². The number of halogens is 7. The maximum atomic E-state index is 13.4. The van der Waals surface area contributed by atoms with Gasteiger partial charge in [-0.1, -0.05) is 6.07 Å². The number of pyridine rings is 1. The molecule has 0 aliphatic carbocycles. The van der Waals surface area contributed by atoms with Crippen molar-refractivity contribution in [3.8, 4) is 11.6 Å². The molecule has 2 aromatic carbocycles. The maximum absolute atomic E-state index is 13.4. The van der Waals surface area contributed by atoms with Gasteiger partial charge in [-0.3, -0.25) is 4.79 Å². The lowest BCUT2D eigenvalue weighted by atomic mass is 10.2. The molecular formula is C23H17F7N2O4S. The fourth-order valence-electron chi connectivity index (χ4n) is 2.96. The van der Waals surface area contributed by atoms with Gasteiger partial charge in [-0.25, -0.2) is 17.8 Å². The number of amides is 1. The van der Waals surface area contributed by atoms with Crippen molar-refractivity contribution in [2.24, 2.45) is 0 Å². The Morgan fingerprint density at radius 1 is 0.919 bits per heavy atom. The Labute approximate surface area is 206 Å². The minimum atomic E-state index is -4.95. The summed E-state index contributed by atoms with van der Waals surface area (Å²) in [6, 6.07) is 7.26. The number of aromatic nitrogens is 1. The fraction of sp³-hybridized carbons (Fsp3) is 0.217. The summed E-state index contributed by atoms with van der Waals surface area (Å²) in [6.45, 7) is 2.02. The number of alkyl halides is 6. The van der Waals surface area contributed by atoms with Crippen LogP contribution in [0.2, 0.25) is 0 Å². The van der Waals surface area contributed by atoms with Gasteiger partial charge in [0.2, 0.25) is 11.8 Å². The zero-order valence-electron chi connectivity index (χ0n) is 18.9. The van der Waals surface area contributed by atoms with Gasteiger partial charge in [0.25, 0.3) is 0 Å². The first-order chi connectivity index (χ1) is 16.9. The lowest BCUT2D eigenvalue weighted by molar-refractivity contribution is -0.140. The Balaban J connectivity index is 1.77. The molecule has 0 unspecified atom stereocenters. The van der Waals surface area contributed by atoms with E-state index in [4.69, 9.17) is 4.74 Å². The van der Waals surface area contributed by atoms with Crippen molar-refractivity contribution >= 4 is 21.4 Å². The molecule has 0 aliphatic heterocycles. The second-order valence-corrected chi connectivity index (χ2v) is 10.6. The van der Waals surface area contributed by atoms with Gasteiger partial charge in [0.05, 0.1) is 27.9 Å². The summed E-state index contributed by atoms with van der Waals surface area (Å²) in [5.74, 6) is -3.18. The highest BCUT2D eigenvalue weighted by Gasteiger charge is 2.44. The van der Waals surface area contributed by atoms with Gasteiger partial charge in [0.15, 0.2) is 9.84 Å². The summed E-state index contributed by atoms with van der Waals surface area (Å²) in [7, 11) is -4.59. The number of rotatable bonds is 6. The molecule has 1 N–H and O–H groups in total. The predicted octanol–water partition coefficient (Wildman–Crippen LogP) is 6.24. The van der Waals surface area contributed by atoms with E-state index in [1.165, 1.54) is 6.07 Å². The highest BCUT2D eigenvalue weighted by molar-refractivity contribution is 7.93. The fourth-order valence-corrected chi connectivity index (χ4v) is 4.38. The van der Waals surface area contributed by atoms with E-state index in [9.17, 15) is 43.9 Å². The van der Waals surface area contributed by atoms with Crippen LogP contribution in [0.5, 0.6) is 11.6 Å². The highest BCUT2D eigenvalue weighted by Crippen LogP contribution is 2.35. The van der Waals surface area contributed by atoms with Crippen molar-refractivity contribution in [3.05, 3.63) is 77.7 Å². The van der Waals surface area contributed by atoms with E-state index in [-0.39, 0.29) is 17.3 Å². The second kappa shape index (κ2) is 9.65. The topological polar surface area (TPSA) is 85.4 Å². The van der Waals surface area contributed by atoms with Crippen LogP contribution in [0.15, 0.2) is 65.7 Å². The number of carbonyl (C=O) groups excluding carboxylic acids is 1. The first-order valence-electron chi connectivity index (χ1n) is 10.2. The number of carbonyl (C=O) groups is 1. The number of sulfone groups is 1. The molecule has 3 aromatic rings. The Morgan fingerprint density at radius 2 is 1.59 bits per heavy atom. The van der Waals surface area contributed by atoms with Crippen molar-refractivity contribution in [2.45, 2.75) is 35.8 Å². The smallest absolute Gasteiger partial charge is 0.419 e. The number of nitrogens with one attached hydrogen (secondary N) is 1. The Bertz CT molecular complexity index is 1420. The molecule has 0 atom stereocenters. The molecule has 0 spiro atoms. The molecule has 0 saturated heterocycles. The van der Waals surface area contributed by atoms with E-state index in [0.29, 0.717) is 24.3 Å². The predicted molar refractivity (Wildman–Crippen MR) is 117 cm³/mol. The quantitative estimate of drug-likeness (QED) is 0.367. The second-order valence-electron chi connectivity index (χ2n) is 8.12.